The van der Waals surface area contributed by atoms with Crippen molar-refractivity contribution in [2.75, 3.05) is 7.05 Å². The third-order valence-electron chi connectivity index (χ3n) is 3.77. The van der Waals surface area contributed by atoms with E-state index in [1.54, 1.807) is 14.0 Å². The Kier molecular flexibility index (Phi) is 10.3. The lowest BCUT2D eigenvalue weighted by Gasteiger charge is -2.24. The fourth-order valence-corrected chi connectivity index (χ4v) is 2.79. The Balaban J connectivity index is 6.15. The minimum Gasteiger partial charge on any atom is -0.387 e. The molecular weight excluding hydrogens is 316 g/mol. The molecule has 25 heavy (non-hydrogen) atoms. The predicted molar refractivity (Wildman–Crippen MR) is 107 cm³/mol. The van der Waals surface area contributed by atoms with Gasteiger partial charge in [-0.2, -0.15) is 0 Å². The predicted octanol–water partition coefficient (Wildman–Crippen LogP) is 6.97. The van der Waals surface area contributed by atoms with E-state index in [-0.39, 0.29) is 17.4 Å². The van der Waals surface area contributed by atoms with Crippen LogP contribution in [-0.2, 0) is 0 Å². The van der Waals surface area contributed by atoms with Crippen LogP contribution in [0.2, 0.25) is 0 Å². The maximum atomic E-state index is 14.8. The lowest BCUT2D eigenvalue weighted by molar-refractivity contribution is 0.223. The van der Waals surface area contributed by atoms with Crippen molar-refractivity contribution in [3.63, 3.8) is 0 Å². The van der Waals surface area contributed by atoms with Crippen molar-refractivity contribution in [1.29, 1.82) is 0 Å². The molecule has 0 aliphatic rings. The van der Waals surface area contributed by atoms with E-state index in [1.807, 2.05) is 52.8 Å². The van der Waals surface area contributed by atoms with E-state index in [0.29, 0.717) is 12.1 Å². The van der Waals surface area contributed by atoms with Gasteiger partial charge in [-0.05, 0) is 43.3 Å². The molecule has 0 radical (unpaired) electrons. The van der Waals surface area contributed by atoms with Crippen LogP contribution in [0.4, 0.5) is 8.78 Å². The highest BCUT2D eigenvalue weighted by molar-refractivity contribution is 5.52. The van der Waals surface area contributed by atoms with Gasteiger partial charge in [0.1, 0.15) is 12.0 Å². The van der Waals surface area contributed by atoms with Crippen molar-refractivity contribution in [1.82, 2.24) is 5.32 Å². The number of alkyl halides is 1. The van der Waals surface area contributed by atoms with E-state index in [9.17, 15) is 8.78 Å². The van der Waals surface area contributed by atoms with Crippen LogP contribution in [0.5, 0.6) is 0 Å². The maximum absolute atomic E-state index is 14.8. The van der Waals surface area contributed by atoms with E-state index in [1.165, 1.54) is 6.08 Å². The fraction of sp³-hybridized carbons (Fsp3) is 0.545. The average molecular weight is 352 g/mol. The zero-order valence-corrected chi connectivity index (χ0v) is 17.0. The van der Waals surface area contributed by atoms with Crippen LogP contribution in [-0.4, -0.2) is 13.2 Å². The number of likely N-dealkylation sites (N-methyl/N-ethyl adjacent to an activating group) is 1. The molecule has 0 amide bonds. The molecule has 0 saturated heterocycles. The Morgan fingerprint density at radius 3 is 2.24 bits per heavy atom. The van der Waals surface area contributed by atoms with E-state index in [4.69, 9.17) is 0 Å². The molecule has 3 heteroatoms. The summed E-state index contributed by atoms with van der Waals surface area (Å²) in [4.78, 5) is 0. The Bertz CT molecular complexity index is 557. The highest BCUT2D eigenvalue weighted by Crippen LogP contribution is 2.32. The van der Waals surface area contributed by atoms with Crippen molar-refractivity contribution in [3.8, 4) is 0 Å². The van der Waals surface area contributed by atoms with Crippen LogP contribution in [0, 0.1) is 5.41 Å². The fourth-order valence-electron chi connectivity index (χ4n) is 2.79. The Hall–Kier alpha value is -1.64. The lowest BCUT2D eigenvalue weighted by atomic mass is 9.85. The molecule has 0 saturated carbocycles. The topological polar surface area (TPSA) is 12.0 Å². The van der Waals surface area contributed by atoms with Gasteiger partial charge in [0.15, 0.2) is 0 Å². The van der Waals surface area contributed by atoms with E-state index in [2.05, 4.69) is 11.9 Å². The van der Waals surface area contributed by atoms with Gasteiger partial charge in [0.25, 0.3) is 0 Å². The second-order valence-electron chi connectivity index (χ2n) is 7.35. The van der Waals surface area contributed by atoms with E-state index < -0.39 is 12.0 Å². The van der Waals surface area contributed by atoms with Gasteiger partial charge in [-0.15, -0.1) is 0 Å². The highest BCUT2D eigenvalue weighted by atomic mass is 19.1. The maximum Gasteiger partial charge on any atom is 0.127 e. The normalized spacial score (nSPS) is 16.0. The molecule has 1 atom stereocenters. The summed E-state index contributed by atoms with van der Waals surface area (Å²) in [7, 11) is 1.72. The number of halogens is 2. The zero-order chi connectivity index (χ0) is 19.6. The summed E-state index contributed by atoms with van der Waals surface area (Å²) >= 11 is 0. The number of allylic oxidation sites excluding steroid dienone is 7. The van der Waals surface area contributed by atoms with E-state index >= 15 is 0 Å². The molecule has 1 nitrogen and oxygen atoms in total. The summed E-state index contributed by atoms with van der Waals surface area (Å²) in [5.41, 5.74) is 2.39. The average Bonchev–Trinajstić information content (AvgIpc) is 2.51. The SMILES string of the molecule is C=C(/C(F)=C\C)/C(NC)=C(/CC(F)CC(C)(C)C)C(=CCC)/C=C\C. The zero-order valence-electron chi connectivity index (χ0n) is 17.0. The van der Waals surface area contributed by atoms with Gasteiger partial charge in [-0.1, -0.05) is 58.6 Å². The number of rotatable bonds is 9. The molecule has 0 aliphatic carbocycles. The van der Waals surface area contributed by atoms with Crippen molar-refractivity contribution < 1.29 is 8.78 Å². The largest absolute Gasteiger partial charge is 0.387 e. The van der Waals surface area contributed by atoms with Crippen molar-refractivity contribution in [2.24, 2.45) is 5.41 Å². The highest BCUT2D eigenvalue weighted by Gasteiger charge is 2.23. The number of hydrogen-bond acceptors (Lipinski definition) is 1. The summed E-state index contributed by atoms with van der Waals surface area (Å²) in [6, 6.07) is 0. The van der Waals surface area contributed by atoms with E-state index in [0.717, 1.165) is 17.6 Å². The number of nitrogens with one attached hydrogen (secondary N) is 1. The molecule has 0 spiro atoms. The third kappa shape index (κ3) is 8.33. The first kappa shape index (κ1) is 23.4. The first-order valence-electron chi connectivity index (χ1n) is 9.00. The second kappa shape index (κ2) is 11.1. The molecule has 0 bridgehead atoms. The Labute approximate surface area is 153 Å². The van der Waals surface area contributed by atoms with Gasteiger partial charge in [-0.25, -0.2) is 8.78 Å². The third-order valence-corrected chi connectivity index (χ3v) is 3.77. The van der Waals surface area contributed by atoms with Crippen LogP contribution >= 0.6 is 0 Å². The van der Waals surface area contributed by atoms with Gasteiger partial charge in [-0.3, -0.25) is 0 Å². The van der Waals surface area contributed by atoms with Crippen LogP contribution in [0.15, 0.2) is 59.1 Å². The van der Waals surface area contributed by atoms with Gasteiger partial charge < -0.3 is 5.32 Å². The van der Waals surface area contributed by atoms with Gasteiger partial charge >= 0.3 is 0 Å². The monoisotopic (exact) mass is 351 g/mol. The Morgan fingerprint density at radius 1 is 1.24 bits per heavy atom. The van der Waals surface area contributed by atoms with Gasteiger partial charge in [0.2, 0.25) is 0 Å². The van der Waals surface area contributed by atoms with Gasteiger partial charge in [0, 0.05) is 24.7 Å². The quantitative estimate of drug-likeness (QED) is 0.442. The molecular formula is C22H35F2N. The molecule has 0 aliphatic heterocycles. The lowest BCUT2D eigenvalue weighted by Crippen LogP contribution is -2.19. The minimum atomic E-state index is -1.01. The summed E-state index contributed by atoms with van der Waals surface area (Å²) < 4.78 is 28.9. The van der Waals surface area contributed by atoms with Crippen LogP contribution < -0.4 is 5.32 Å². The standard InChI is InChI=1S/C22H35F2N/c1-9-12-17(13-10-2)19(14-18(23)15-22(5,6)7)21(25-8)16(4)20(24)11-3/h9,11-13,18,25H,4,10,14-15H2,1-3,5-8H3/b12-9-,17-13?,20-11+,21-19+. The minimum absolute atomic E-state index is 0.106. The summed E-state index contributed by atoms with van der Waals surface area (Å²) in [6.07, 6.45) is 7.75. The first-order chi connectivity index (χ1) is 11.6. The molecule has 0 aromatic heterocycles. The van der Waals surface area contributed by atoms with Gasteiger partial charge in [0.05, 0.1) is 0 Å². The molecule has 1 unspecified atom stereocenters. The summed E-state index contributed by atoms with van der Waals surface area (Å²) in [5.74, 6) is -0.399. The van der Waals surface area contributed by atoms with Crippen LogP contribution in [0.1, 0.15) is 60.8 Å². The summed E-state index contributed by atoms with van der Waals surface area (Å²) in [6.45, 7) is 15.5. The smallest absolute Gasteiger partial charge is 0.127 e. The van der Waals surface area contributed by atoms with Crippen LogP contribution in [0.25, 0.3) is 0 Å². The van der Waals surface area contributed by atoms with Crippen molar-refractivity contribution in [2.45, 2.75) is 67.0 Å². The molecule has 0 aromatic rings. The van der Waals surface area contributed by atoms with Crippen molar-refractivity contribution >= 4 is 0 Å². The second-order valence-corrected chi connectivity index (χ2v) is 7.35. The molecule has 1 N–H and O–H groups in total. The number of hydrogen-bond donors (Lipinski definition) is 1. The molecule has 0 aromatic carbocycles. The first-order valence-corrected chi connectivity index (χ1v) is 9.00. The van der Waals surface area contributed by atoms with Crippen LogP contribution in [0.3, 0.4) is 0 Å². The molecule has 0 fully saturated rings. The molecule has 0 heterocycles. The molecule has 0 rings (SSSR count). The van der Waals surface area contributed by atoms with Crippen molar-refractivity contribution in [3.05, 3.63) is 59.1 Å². The molecule has 142 valence electrons. The summed E-state index contributed by atoms with van der Waals surface area (Å²) in [5, 5.41) is 3.04. The Morgan fingerprint density at radius 2 is 1.84 bits per heavy atom.